The molecular weight excluding hydrogens is 268 g/mol. The number of ether oxygens (including phenoxy) is 2. The zero-order valence-electron chi connectivity index (χ0n) is 11.9. The standard InChI is InChI=1S/C16H18N2O3/c1-2-20-16(19)13-7-5-8-14(17)15(13)21-11-9-12-6-3-4-10-18-12/h3-8,10H,2,9,11,17H2,1H3. The van der Waals surface area contributed by atoms with Crippen molar-refractivity contribution < 1.29 is 14.3 Å². The molecule has 0 atom stereocenters. The predicted molar refractivity (Wildman–Crippen MR) is 80.2 cm³/mol. The molecule has 0 amide bonds. The Morgan fingerprint density at radius 1 is 1.24 bits per heavy atom. The second-order valence-corrected chi connectivity index (χ2v) is 4.36. The molecule has 0 radical (unpaired) electrons. The fourth-order valence-electron chi connectivity index (χ4n) is 1.89. The highest BCUT2D eigenvalue weighted by Gasteiger charge is 2.16. The van der Waals surface area contributed by atoms with Gasteiger partial charge in [0.15, 0.2) is 5.75 Å². The average molecular weight is 286 g/mol. The van der Waals surface area contributed by atoms with Gasteiger partial charge in [-0.15, -0.1) is 0 Å². The Balaban J connectivity index is 2.06. The molecule has 0 unspecified atom stereocenters. The van der Waals surface area contributed by atoms with Crippen LogP contribution in [0, 0.1) is 0 Å². The highest BCUT2D eigenvalue weighted by atomic mass is 16.5. The first-order valence-electron chi connectivity index (χ1n) is 6.80. The van der Waals surface area contributed by atoms with Crippen LogP contribution in [0.15, 0.2) is 42.6 Å². The summed E-state index contributed by atoms with van der Waals surface area (Å²) in [5.41, 5.74) is 7.57. The van der Waals surface area contributed by atoms with Crippen LogP contribution in [0.1, 0.15) is 23.0 Å². The molecule has 0 saturated carbocycles. The van der Waals surface area contributed by atoms with Crippen molar-refractivity contribution in [2.24, 2.45) is 0 Å². The van der Waals surface area contributed by atoms with Crippen molar-refractivity contribution in [3.8, 4) is 5.75 Å². The minimum absolute atomic E-state index is 0.307. The minimum atomic E-state index is -0.433. The zero-order valence-corrected chi connectivity index (χ0v) is 11.9. The number of nitrogen functional groups attached to an aromatic ring is 1. The van der Waals surface area contributed by atoms with E-state index in [-0.39, 0.29) is 0 Å². The van der Waals surface area contributed by atoms with Gasteiger partial charge in [0, 0.05) is 18.3 Å². The first-order chi connectivity index (χ1) is 10.2. The molecule has 0 spiro atoms. The lowest BCUT2D eigenvalue weighted by molar-refractivity contribution is 0.0522. The van der Waals surface area contributed by atoms with Crippen molar-refractivity contribution in [2.75, 3.05) is 18.9 Å². The van der Waals surface area contributed by atoms with E-state index in [4.69, 9.17) is 15.2 Å². The summed E-state index contributed by atoms with van der Waals surface area (Å²) in [6.07, 6.45) is 2.37. The van der Waals surface area contributed by atoms with Crippen LogP contribution >= 0.6 is 0 Å². The summed E-state index contributed by atoms with van der Waals surface area (Å²) in [6.45, 7) is 2.45. The number of nitrogens with two attached hydrogens (primary N) is 1. The Bertz CT molecular complexity index is 600. The van der Waals surface area contributed by atoms with Crippen LogP contribution in [0.2, 0.25) is 0 Å². The maximum atomic E-state index is 11.9. The number of anilines is 1. The minimum Gasteiger partial charge on any atom is -0.490 e. The van der Waals surface area contributed by atoms with E-state index in [2.05, 4.69) is 4.98 Å². The van der Waals surface area contributed by atoms with Crippen LogP contribution in [0.5, 0.6) is 5.75 Å². The van der Waals surface area contributed by atoms with Crippen molar-refractivity contribution in [3.05, 3.63) is 53.9 Å². The van der Waals surface area contributed by atoms with E-state index in [0.717, 1.165) is 5.69 Å². The smallest absolute Gasteiger partial charge is 0.341 e. The third-order valence-corrected chi connectivity index (χ3v) is 2.87. The highest BCUT2D eigenvalue weighted by molar-refractivity contribution is 5.94. The van der Waals surface area contributed by atoms with Crippen LogP contribution in [-0.4, -0.2) is 24.2 Å². The Labute approximate surface area is 123 Å². The van der Waals surface area contributed by atoms with Crippen LogP contribution in [-0.2, 0) is 11.2 Å². The Morgan fingerprint density at radius 3 is 2.81 bits per heavy atom. The quantitative estimate of drug-likeness (QED) is 0.652. The van der Waals surface area contributed by atoms with Crippen molar-refractivity contribution >= 4 is 11.7 Å². The van der Waals surface area contributed by atoms with Gasteiger partial charge in [-0.05, 0) is 31.2 Å². The second kappa shape index (κ2) is 7.28. The lowest BCUT2D eigenvalue weighted by Crippen LogP contribution is -2.11. The SMILES string of the molecule is CCOC(=O)c1cccc(N)c1OCCc1ccccn1. The van der Waals surface area contributed by atoms with Crippen LogP contribution in [0.4, 0.5) is 5.69 Å². The number of nitrogens with zero attached hydrogens (tertiary/aromatic N) is 1. The number of carbonyl (C=O) groups is 1. The van der Waals surface area contributed by atoms with E-state index < -0.39 is 5.97 Å². The fraction of sp³-hybridized carbons (Fsp3) is 0.250. The number of pyridine rings is 1. The first-order valence-corrected chi connectivity index (χ1v) is 6.80. The molecule has 2 N–H and O–H groups in total. The number of aromatic nitrogens is 1. The molecule has 2 rings (SSSR count). The maximum Gasteiger partial charge on any atom is 0.341 e. The topological polar surface area (TPSA) is 74.4 Å². The monoisotopic (exact) mass is 286 g/mol. The lowest BCUT2D eigenvalue weighted by atomic mass is 10.1. The largest absolute Gasteiger partial charge is 0.490 e. The van der Waals surface area contributed by atoms with E-state index in [1.165, 1.54) is 0 Å². The molecular formula is C16H18N2O3. The Hall–Kier alpha value is -2.56. The normalized spacial score (nSPS) is 10.1. The summed E-state index contributed by atoms with van der Waals surface area (Å²) in [5, 5.41) is 0. The van der Waals surface area contributed by atoms with E-state index >= 15 is 0 Å². The van der Waals surface area contributed by atoms with Gasteiger partial charge < -0.3 is 15.2 Å². The van der Waals surface area contributed by atoms with E-state index in [1.54, 1.807) is 31.3 Å². The number of benzene rings is 1. The number of hydrogen-bond acceptors (Lipinski definition) is 5. The molecule has 0 saturated heterocycles. The van der Waals surface area contributed by atoms with Gasteiger partial charge in [0.05, 0.1) is 18.9 Å². The summed E-state index contributed by atoms with van der Waals surface area (Å²) in [5.74, 6) is -0.0653. The second-order valence-electron chi connectivity index (χ2n) is 4.36. The fourth-order valence-corrected chi connectivity index (χ4v) is 1.89. The summed E-state index contributed by atoms with van der Waals surface area (Å²) in [7, 11) is 0. The van der Waals surface area contributed by atoms with Crippen LogP contribution in [0.25, 0.3) is 0 Å². The molecule has 0 aliphatic heterocycles. The molecule has 1 aromatic heterocycles. The highest BCUT2D eigenvalue weighted by Crippen LogP contribution is 2.27. The summed E-state index contributed by atoms with van der Waals surface area (Å²) < 4.78 is 10.7. The molecule has 0 fully saturated rings. The van der Waals surface area contributed by atoms with Crippen molar-refractivity contribution in [1.29, 1.82) is 0 Å². The van der Waals surface area contributed by atoms with Crippen molar-refractivity contribution in [3.63, 3.8) is 0 Å². The molecule has 5 nitrogen and oxygen atoms in total. The number of hydrogen-bond donors (Lipinski definition) is 1. The molecule has 0 aliphatic carbocycles. The first kappa shape index (κ1) is 14.8. The van der Waals surface area contributed by atoms with Gasteiger partial charge in [0.25, 0.3) is 0 Å². The summed E-state index contributed by atoms with van der Waals surface area (Å²) in [4.78, 5) is 16.1. The van der Waals surface area contributed by atoms with Crippen molar-refractivity contribution in [1.82, 2.24) is 4.98 Å². The number of esters is 1. The predicted octanol–water partition coefficient (Wildman–Crippen LogP) is 2.46. The molecule has 0 bridgehead atoms. The van der Waals surface area contributed by atoms with Gasteiger partial charge in [0.2, 0.25) is 0 Å². The molecule has 5 heteroatoms. The van der Waals surface area contributed by atoms with E-state index in [1.807, 2.05) is 18.2 Å². The number of para-hydroxylation sites is 1. The molecule has 21 heavy (non-hydrogen) atoms. The number of carbonyl (C=O) groups excluding carboxylic acids is 1. The molecule has 2 aromatic rings. The summed E-state index contributed by atoms with van der Waals surface area (Å²) >= 11 is 0. The van der Waals surface area contributed by atoms with Gasteiger partial charge in [-0.2, -0.15) is 0 Å². The van der Waals surface area contributed by atoms with E-state index in [9.17, 15) is 4.79 Å². The van der Waals surface area contributed by atoms with Gasteiger partial charge in [-0.3, -0.25) is 4.98 Å². The van der Waals surface area contributed by atoms with Gasteiger partial charge >= 0.3 is 5.97 Å². The molecule has 0 aliphatic rings. The Morgan fingerprint density at radius 2 is 2.10 bits per heavy atom. The van der Waals surface area contributed by atoms with Crippen molar-refractivity contribution in [2.45, 2.75) is 13.3 Å². The maximum absolute atomic E-state index is 11.9. The zero-order chi connectivity index (χ0) is 15.1. The van der Waals surface area contributed by atoms with Gasteiger partial charge in [-0.25, -0.2) is 4.79 Å². The van der Waals surface area contributed by atoms with Gasteiger partial charge in [-0.1, -0.05) is 12.1 Å². The average Bonchev–Trinajstić information content (AvgIpc) is 2.50. The lowest BCUT2D eigenvalue weighted by Gasteiger charge is -2.13. The third kappa shape index (κ3) is 3.95. The third-order valence-electron chi connectivity index (χ3n) is 2.87. The molecule has 1 aromatic carbocycles. The van der Waals surface area contributed by atoms with Crippen LogP contribution < -0.4 is 10.5 Å². The molecule has 1 heterocycles. The van der Waals surface area contributed by atoms with E-state index in [0.29, 0.717) is 36.6 Å². The number of rotatable bonds is 6. The van der Waals surface area contributed by atoms with Crippen LogP contribution in [0.3, 0.4) is 0 Å². The molecule has 110 valence electrons. The Kier molecular flexibility index (Phi) is 5.15. The van der Waals surface area contributed by atoms with Gasteiger partial charge in [0.1, 0.15) is 5.56 Å². The summed E-state index contributed by atoms with van der Waals surface area (Å²) in [6, 6.07) is 10.7.